The summed E-state index contributed by atoms with van der Waals surface area (Å²) in [5, 5.41) is 16.3. The molecule has 21 heavy (non-hydrogen) atoms. The summed E-state index contributed by atoms with van der Waals surface area (Å²) in [6.45, 7) is 2.18. The smallest absolute Gasteiger partial charge is 0.407 e. The average molecular weight is 308 g/mol. The lowest BCUT2D eigenvalue weighted by Gasteiger charge is -2.23. The molecule has 0 heterocycles. The highest BCUT2D eigenvalue weighted by atomic mass is 32.1. The number of benzene rings is 1. The van der Waals surface area contributed by atoms with E-state index in [1.165, 1.54) is 11.1 Å². The number of rotatable bonds is 6. The Balaban J connectivity index is 2.56. The maximum absolute atomic E-state index is 11.3. The van der Waals surface area contributed by atoms with E-state index in [-0.39, 0.29) is 6.04 Å². The monoisotopic (exact) mass is 308 g/mol. The first-order valence-electron chi connectivity index (χ1n) is 6.59. The number of hydrogen-bond donors (Lipinski definition) is 3. The molecule has 0 aliphatic heterocycles. The van der Waals surface area contributed by atoms with Crippen LogP contribution in [0.2, 0.25) is 0 Å². The van der Waals surface area contributed by atoms with E-state index in [4.69, 9.17) is 12.2 Å². The van der Waals surface area contributed by atoms with Crippen LogP contribution in [0.1, 0.15) is 12.5 Å². The van der Waals surface area contributed by atoms with Crippen LogP contribution in [0.25, 0.3) is 0 Å². The van der Waals surface area contributed by atoms with Gasteiger partial charge in [0.1, 0.15) is 0 Å². The van der Waals surface area contributed by atoms with Crippen molar-refractivity contribution in [3.8, 4) is 0 Å². The zero-order valence-corrected chi connectivity index (χ0v) is 12.9. The minimum absolute atomic E-state index is 0.349. The second-order valence-electron chi connectivity index (χ2n) is 4.42. The normalized spacial score (nSPS) is 11.9. The van der Waals surface area contributed by atoms with Gasteiger partial charge in [0.05, 0.1) is 6.04 Å². The van der Waals surface area contributed by atoms with Crippen molar-refractivity contribution in [2.45, 2.75) is 19.4 Å². The van der Waals surface area contributed by atoms with Gasteiger partial charge >= 0.3 is 6.09 Å². The van der Waals surface area contributed by atoms with E-state index in [0.29, 0.717) is 18.1 Å². The molecule has 3 N–H and O–H groups in total. The van der Waals surface area contributed by atoms with Gasteiger partial charge in [-0.2, -0.15) is 5.10 Å². The lowest BCUT2D eigenvalue weighted by molar-refractivity contribution is 0.141. The van der Waals surface area contributed by atoms with Gasteiger partial charge in [-0.05, 0) is 31.1 Å². The zero-order valence-electron chi connectivity index (χ0n) is 12.1. The van der Waals surface area contributed by atoms with Gasteiger partial charge in [-0.1, -0.05) is 30.3 Å². The number of hydrazone groups is 1. The predicted molar refractivity (Wildman–Crippen MR) is 87.6 cm³/mol. The van der Waals surface area contributed by atoms with E-state index >= 15 is 0 Å². The molecule has 1 atom stereocenters. The van der Waals surface area contributed by atoms with Crippen LogP contribution >= 0.6 is 12.2 Å². The van der Waals surface area contributed by atoms with Gasteiger partial charge in [0.25, 0.3) is 0 Å². The highest BCUT2D eigenvalue weighted by Crippen LogP contribution is 2.04. The third-order valence-electron chi connectivity index (χ3n) is 2.90. The summed E-state index contributed by atoms with van der Waals surface area (Å²) in [7, 11) is 1.68. The minimum atomic E-state index is -0.971. The molecule has 0 aliphatic carbocycles. The third kappa shape index (κ3) is 6.22. The van der Waals surface area contributed by atoms with Crippen molar-refractivity contribution in [2.24, 2.45) is 5.10 Å². The fourth-order valence-corrected chi connectivity index (χ4v) is 1.76. The van der Waals surface area contributed by atoms with Gasteiger partial charge in [0.15, 0.2) is 5.11 Å². The number of nitrogens with zero attached hydrogens (tertiary/aromatic N) is 2. The van der Waals surface area contributed by atoms with Crippen molar-refractivity contribution in [3.63, 3.8) is 0 Å². The van der Waals surface area contributed by atoms with Gasteiger partial charge < -0.3 is 15.3 Å². The van der Waals surface area contributed by atoms with Crippen molar-refractivity contribution in [3.05, 3.63) is 35.9 Å². The van der Waals surface area contributed by atoms with Crippen molar-refractivity contribution >= 4 is 29.6 Å². The quantitative estimate of drug-likeness (QED) is 0.423. The Morgan fingerprint density at radius 3 is 2.71 bits per heavy atom. The molecule has 1 aromatic rings. The Bertz CT molecular complexity index is 493. The summed E-state index contributed by atoms with van der Waals surface area (Å²) in [6, 6.07) is 9.42. The van der Waals surface area contributed by atoms with Gasteiger partial charge in [-0.3, -0.25) is 5.43 Å². The number of nitrogens with one attached hydrogen (secondary N) is 2. The van der Waals surface area contributed by atoms with Crippen LogP contribution in [0, 0.1) is 0 Å². The van der Waals surface area contributed by atoms with E-state index in [0.717, 1.165) is 5.56 Å². The predicted octanol–water partition coefficient (Wildman–Crippen LogP) is 1.68. The Morgan fingerprint density at radius 1 is 1.48 bits per heavy atom. The summed E-state index contributed by atoms with van der Waals surface area (Å²) in [4.78, 5) is 12.7. The van der Waals surface area contributed by atoms with Crippen LogP contribution in [-0.4, -0.2) is 47.1 Å². The molecule has 114 valence electrons. The second-order valence-corrected chi connectivity index (χ2v) is 4.83. The van der Waals surface area contributed by atoms with Gasteiger partial charge in [0, 0.05) is 19.8 Å². The highest BCUT2D eigenvalue weighted by molar-refractivity contribution is 7.80. The van der Waals surface area contributed by atoms with Crippen LogP contribution in [0.4, 0.5) is 4.79 Å². The molecule has 1 rings (SSSR count). The van der Waals surface area contributed by atoms with Crippen molar-refractivity contribution in [1.29, 1.82) is 0 Å². The Hall–Kier alpha value is -2.15. The minimum Gasteiger partial charge on any atom is -0.465 e. The van der Waals surface area contributed by atoms with Gasteiger partial charge in [-0.15, -0.1) is 0 Å². The van der Waals surface area contributed by atoms with E-state index in [1.807, 2.05) is 30.3 Å². The van der Waals surface area contributed by atoms with Crippen LogP contribution < -0.4 is 10.7 Å². The number of amides is 1. The molecule has 1 unspecified atom stereocenters. The zero-order chi connectivity index (χ0) is 15.7. The van der Waals surface area contributed by atoms with Crippen molar-refractivity contribution < 1.29 is 9.90 Å². The first kappa shape index (κ1) is 16.9. The largest absolute Gasteiger partial charge is 0.465 e. The van der Waals surface area contributed by atoms with E-state index < -0.39 is 6.09 Å². The molecule has 0 bridgehead atoms. The number of thiocarbonyl (C=S) groups is 1. The summed E-state index contributed by atoms with van der Waals surface area (Å²) in [5.74, 6) is 0. The summed E-state index contributed by atoms with van der Waals surface area (Å²) < 4.78 is 0. The van der Waals surface area contributed by atoms with Crippen LogP contribution in [0.3, 0.4) is 0 Å². The lowest BCUT2D eigenvalue weighted by Crippen LogP contribution is -2.40. The van der Waals surface area contributed by atoms with Gasteiger partial charge in [-0.25, -0.2) is 4.79 Å². The van der Waals surface area contributed by atoms with Crippen LogP contribution in [0.15, 0.2) is 35.4 Å². The number of hydrogen-bond acceptors (Lipinski definition) is 3. The molecule has 1 aromatic carbocycles. The molecule has 0 aromatic heterocycles. The second kappa shape index (κ2) is 8.91. The summed E-state index contributed by atoms with van der Waals surface area (Å²) in [5.41, 5.74) is 3.70. The molecular weight excluding hydrogens is 288 g/mol. The highest BCUT2D eigenvalue weighted by Gasteiger charge is 2.17. The number of carboxylic acid groups (broad SMARTS) is 1. The molecule has 0 spiro atoms. The first-order valence-corrected chi connectivity index (χ1v) is 6.99. The van der Waals surface area contributed by atoms with E-state index in [1.54, 1.807) is 14.0 Å². The van der Waals surface area contributed by atoms with Crippen LogP contribution in [0.5, 0.6) is 0 Å². The SMILES string of the molecule is CNC(=S)NN=CC(C)N(CCc1ccccc1)C(=O)O. The fraction of sp³-hybridized carbons (Fsp3) is 0.357. The Kier molecular flexibility index (Phi) is 7.17. The molecule has 7 heteroatoms. The Labute approximate surface area is 129 Å². The molecular formula is C14H20N4O2S. The van der Waals surface area contributed by atoms with Crippen LogP contribution in [-0.2, 0) is 6.42 Å². The fourth-order valence-electron chi connectivity index (χ4n) is 1.71. The maximum atomic E-state index is 11.3. The van der Waals surface area contributed by atoms with Crippen molar-refractivity contribution in [2.75, 3.05) is 13.6 Å². The molecule has 0 radical (unpaired) electrons. The maximum Gasteiger partial charge on any atom is 0.407 e. The van der Waals surface area contributed by atoms with Gasteiger partial charge in [0.2, 0.25) is 0 Å². The number of carbonyl (C=O) groups is 1. The first-order chi connectivity index (χ1) is 10.0. The lowest BCUT2D eigenvalue weighted by atomic mass is 10.1. The van der Waals surface area contributed by atoms with E-state index in [9.17, 15) is 9.90 Å². The van der Waals surface area contributed by atoms with E-state index in [2.05, 4.69) is 15.8 Å². The molecule has 1 amide bonds. The standard InChI is InChI=1S/C14H20N4O2S/c1-11(10-16-17-13(21)15-2)18(14(19)20)9-8-12-6-4-3-5-7-12/h3-7,10-11H,8-9H2,1-2H3,(H,19,20)(H2,15,17,21). The molecule has 0 saturated heterocycles. The van der Waals surface area contributed by atoms with Crippen molar-refractivity contribution in [1.82, 2.24) is 15.6 Å². The average Bonchev–Trinajstić information content (AvgIpc) is 2.48. The molecule has 0 fully saturated rings. The summed E-state index contributed by atoms with van der Waals surface area (Å²) in [6.07, 6.45) is 1.21. The molecule has 0 aliphatic rings. The topological polar surface area (TPSA) is 77.0 Å². The third-order valence-corrected chi connectivity index (χ3v) is 3.20. The molecule has 6 nitrogen and oxygen atoms in total. The Morgan fingerprint density at radius 2 is 2.14 bits per heavy atom. The molecule has 0 saturated carbocycles. The summed E-state index contributed by atoms with van der Waals surface area (Å²) >= 11 is 4.87.